The van der Waals surface area contributed by atoms with Crippen molar-refractivity contribution in [2.45, 2.75) is 75.1 Å². The highest BCUT2D eigenvalue weighted by molar-refractivity contribution is 7.89. The molecule has 4 aromatic carbocycles. The molecule has 0 unspecified atom stereocenters. The minimum atomic E-state index is -3.61. The molecule has 0 bridgehead atoms. The quantitative estimate of drug-likeness (QED) is 0.192. The summed E-state index contributed by atoms with van der Waals surface area (Å²) in [4.78, 5) is 2.81. The van der Waals surface area contributed by atoms with Crippen LogP contribution in [-0.4, -0.2) is 44.2 Å². The molecule has 3 atom stereocenters. The molecule has 0 spiro atoms. The molecule has 2 fully saturated rings. The molecule has 2 saturated heterocycles. The number of likely N-dealkylation sites (tertiary alicyclic amines) is 1. The first-order chi connectivity index (χ1) is 22.5. The SMILES string of the molecule is O=S(=O)(NCc1cccc(-c2cccc([C@H]3O[C@@H](CN4CCCCCCC4)C[C@@H](c4ccc(CO)cc4)O3)c2)c1)c1ccccc1. The highest BCUT2D eigenvalue weighted by Gasteiger charge is 2.33. The fraction of sp³-hybridized carbons (Fsp3) is 0.368. The predicted octanol–water partition coefficient (Wildman–Crippen LogP) is 7.14. The smallest absolute Gasteiger partial charge is 0.240 e. The van der Waals surface area contributed by atoms with Gasteiger partial charge in [-0.3, -0.25) is 0 Å². The van der Waals surface area contributed by atoms with Crippen LogP contribution in [0.1, 0.15) is 73.2 Å². The third kappa shape index (κ3) is 8.50. The first-order valence-corrected chi connectivity index (χ1v) is 17.9. The van der Waals surface area contributed by atoms with E-state index in [0.717, 1.165) is 59.4 Å². The van der Waals surface area contributed by atoms with Crippen LogP contribution < -0.4 is 4.72 Å². The Balaban J connectivity index is 1.20. The second kappa shape index (κ2) is 15.5. The molecule has 46 heavy (non-hydrogen) atoms. The summed E-state index contributed by atoms with van der Waals surface area (Å²) < 4.78 is 41.6. The number of nitrogens with one attached hydrogen (secondary N) is 1. The minimum absolute atomic E-state index is 0.0159. The fourth-order valence-corrected chi connectivity index (χ4v) is 7.44. The minimum Gasteiger partial charge on any atom is -0.392 e. The summed E-state index contributed by atoms with van der Waals surface area (Å²) in [5.41, 5.74) is 5.78. The molecule has 7 nitrogen and oxygen atoms in total. The monoisotopic (exact) mass is 640 g/mol. The lowest BCUT2D eigenvalue weighted by Gasteiger charge is -2.39. The Hall–Kier alpha value is -3.37. The number of aliphatic hydroxyl groups excluding tert-OH is 1. The Kier molecular flexibility index (Phi) is 11.0. The molecule has 242 valence electrons. The van der Waals surface area contributed by atoms with Crippen LogP contribution in [0.2, 0.25) is 0 Å². The van der Waals surface area contributed by atoms with Crippen molar-refractivity contribution < 1.29 is 23.0 Å². The maximum absolute atomic E-state index is 12.8. The van der Waals surface area contributed by atoms with Gasteiger partial charge in [-0.05, 0) is 78.0 Å². The summed E-state index contributed by atoms with van der Waals surface area (Å²) in [6, 6.07) is 32.6. The van der Waals surface area contributed by atoms with Crippen molar-refractivity contribution in [3.8, 4) is 11.1 Å². The van der Waals surface area contributed by atoms with Gasteiger partial charge in [-0.2, -0.15) is 0 Å². The predicted molar refractivity (Wildman–Crippen MR) is 180 cm³/mol. The van der Waals surface area contributed by atoms with E-state index in [1.54, 1.807) is 30.3 Å². The van der Waals surface area contributed by atoms with Crippen molar-refractivity contribution in [1.82, 2.24) is 9.62 Å². The lowest BCUT2D eigenvalue weighted by molar-refractivity contribution is -0.253. The zero-order valence-corrected chi connectivity index (χ0v) is 27.1. The zero-order chi connectivity index (χ0) is 31.8. The Morgan fingerprint density at radius 3 is 2.15 bits per heavy atom. The van der Waals surface area contributed by atoms with Crippen molar-refractivity contribution in [2.75, 3.05) is 19.6 Å². The van der Waals surface area contributed by atoms with Crippen LogP contribution in [0.3, 0.4) is 0 Å². The Morgan fingerprint density at radius 2 is 1.41 bits per heavy atom. The van der Waals surface area contributed by atoms with Gasteiger partial charge >= 0.3 is 0 Å². The molecule has 8 heteroatoms. The van der Waals surface area contributed by atoms with Gasteiger partial charge in [-0.25, -0.2) is 13.1 Å². The second-order valence-corrected chi connectivity index (χ2v) is 14.1. The highest BCUT2D eigenvalue weighted by Crippen LogP contribution is 2.39. The molecule has 6 rings (SSSR count). The van der Waals surface area contributed by atoms with E-state index in [1.165, 1.54) is 32.1 Å². The van der Waals surface area contributed by atoms with Crippen molar-refractivity contribution >= 4 is 10.0 Å². The number of hydrogen-bond donors (Lipinski definition) is 2. The van der Waals surface area contributed by atoms with Gasteiger partial charge in [0.05, 0.1) is 23.7 Å². The summed E-state index contributed by atoms with van der Waals surface area (Å²) in [7, 11) is -3.61. The lowest BCUT2D eigenvalue weighted by Crippen LogP contribution is -2.40. The molecule has 2 heterocycles. The number of rotatable bonds is 10. The maximum Gasteiger partial charge on any atom is 0.240 e. The molecular weight excluding hydrogens is 596 g/mol. The van der Waals surface area contributed by atoms with Gasteiger partial charge in [-0.15, -0.1) is 0 Å². The molecule has 0 saturated carbocycles. The number of aliphatic hydroxyl groups is 1. The molecule has 0 radical (unpaired) electrons. The average molecular weight is 641 g/mol. The van der Waals surface area contributed by atoms with Crippen LogP contribution in [0.15, 0.2) is 108 Å². The van der Waals surface area contributed by atoms with Gasteiger partial charge in [0.1, 0.15) is 0 Å². The first kappa shape index (κ1) is 32.6. The molecular formula is C38H44N2O5S. The molecule has 0 aromatic heterocycles. The van der Waals surface area contributed by atoms with E-state index in [4.69, 9.17) is 9.47 Å². The van der Waals surface area contributed by atoms with Crippen LogP contribution in [0.5, 0.6) is 0 Å². The van der Waals surface area contributed by atoms with Crippen LogP contribution in [0.25, 0.3) is 11.1 Å². The van der Waals surface area contributed by atoms with Gasteiger partial charge in [0.2, 0.25) is 10.0 Å². The third-order valence-corrected chi connectivity index (χ3v) is 10.4. The van der Waals surface area contributed by atoms with Gasteiger partial charge < -0.3 is 19.5 Å². The van der Waals surface area contributed by atoms with Crippen molar-refractivity contribution in [3.63, 3.8) is 0 Å². The third-order valence-electron chi connectivity index (χ3n) is 8.96. The first-order valence-electron chi connectivity index (χ1n) is 16.4. The molecule has 2 aliphatic rings. The Morgan fingerprint density at radius 1 is 0.717 bits per heavy atom. The Labute approximate surface area is 273 Å². The highest BCUT2D eigenvalue weighted by atomic mass is 32.2. The molecule has 2 aliphatic heterocycles. The van der Waals surface area contributed by atoms with Gasteiger partial charge in [0.15, 0.2) is 6.29 Å². The molecule has 0 aliphatic carbocycles. The van der Waals surface area contributed by atoms with Crippen LogP contribution in [0, 0.1) is 0 Å². The summed E-state index contributed by atoms with van der Waals surface area (Å²) >= 11 is 0. The largest absolute Gasteiger partial charge is 0.392 e. The zero-order valence-electron chi connectivity index (χ0n) is 26.3. The molecule has 2 N–H and O–H groups in total. The van der Waals surface area contributed by atoms with E-state index in [2.05, 4.69) is 40.0 Å². The summed E-state index contributed by atoms with van der Waals surface area (Å²) in [5, 5.41) is 9.56. The van der Waals surface area contributed by atoms with Crippen molar-refractivity contribution in [2.24, 2.45) is 0 Å². The summed E-state index contributed by atoms with van der Waals surface area (Å²) in [6.45, 7) is 3.30. The van der Waals surface area contributed by atoms with E-state index in [-0.39, 0.29) is 30.3 Å². The van der Waals surface area contributed by atoms with Crippen molar-refractivity contribution in [1.29, 1.82) is 0 Å². The van der Waals surface area contributed by atoms with Gasteiger partial charge in [0.25, 0.3) is 0 Å². The average Bonchev–Trinajstić information content (AvgIpc) is 3.09. The number of hydrogen-bond acceptors (Lipinski definition) is 6. The lowest BCUT2D eigenvalue weighted by atomic mass is 9.98. The molecule has 4 aromatic rings. The topological polar surface area (TPSA) is 88.1 Å². The number of ether oxygens (including phenoxy) is 2. The maximum atomic E-state index is 12.8. The van der Waals surface area contributed by atoms with Crippen LogP contribution >= 0.6 is 0 Å². The van der Waals surface area contributed by atoms with E-state index >= 15 is 0 Å². The van der Waals surface area contributed by atoms with E-state index in [1.807, 2.05) is 42.5 Å². The fourth-order valence-electron chi connectivity index (χ4n) is 6.40. The molecule has 0 amide bonds. The van der Waals surface area contributed by atoms with Crippen LogP contribution in [0.4, 0.5) is 0 Å². The van der Waals surface area contributed by atoms with E-state index in [9.17, 15) is 13.5 Å². The van der Waals surface area contributed by atoms with Gasteiger partial charge in [0, 0.05) is 25.1 Å². The van der Waals surface area contributed by atoms with E-state index < -0.39 is 16.3 Å². The second-order valence-electron chi connectivity index (χ2n) is 12.4. The van der Waals surface area contributed by atoms with E-state index in [0.29, 0.717) is 0 Å². The van der Waals surface area contributed by atoms with Gasteiger partial charge in [-0.1, -0.05) is 98.1 Å². The number of benzene rings is 4. The Bertz CT molecular complexity index is 1650. The number of nitrogens with zero attached hydrogens (tertiary/aromatic N) is 1. The number of sulfonamides is 1. The summed E-state index contributed by atoms with van der Waals surface area (Å²) in [5.74, 6) is 0. The van der Waals surface area contributed by atoms with Crippen LogP contribution in [-0.2, 0) is 32.6 Å². The summed E-state index contributed by atoms with van der Waals surface area (Å²) in [6.07, 6.45) is 6.50. The standard InChI is InChI=1S/C38H44N2O5S/c41-28-29-17-19-31(20-18-29)37-25-35(27-40-21-7-2-1-3-8-22-40)44-38(45-37)34-14-10-13-33(24-34)32-12-9-11-30(23-32)26-39-46(42,43)36-15-5-4-6-16-36/h4-6,9-20,23-24,35,37-39,41H,1-3,7-8,21-22,25-28H2/t35-,37+,38+/m1/s1. The normalized spacial score (nSPS) is 21.4. The van der Waals surface area contributed by atoms with Crippen molar-refractivity contribution in [3.05, 3.63) is 125 Å².